The zero-order chi connectivity index (χ0) is 12.2. The van der Waals surface area contributed by atoms with Crippen LogP contribution in [0.4, 0.5) is 0 Å². The van der Waals surface area contributed by atoms with Crippen LogP contribution in [0.1, 0.15) is 46.5 Å². The van der Waals surface area contributed by atoms with Crippen LogP contribution in [0.15, 0.2) is 0 Å². The number of ether oxygens (including phenoxy) is 1. The molecule has 0 aromatic rings. The Morgan fingerprint density at radius 2 is 2.19 bits per heavy atom. The minimum absolute atomic E-state index is 0.468. The highest BCUT2D eigenvalue weighted by Gasteiger charge is 2.31. The molecule has 0 aromatic heterocycles. The molecule has 1 saturated carbocycles. The lowest BCUT2D eigenvalue weighted by Crippen LogP contribution is -2.42. The summed E-state index contributed by atoms with van der Waals surface area (Å²) in [4.78, 5) is 0. The molecule has 0 spiro atoms. The number of nitrogens with one attached hydrogen (secondary N) is 1. The second-order valence-corrected chi connectivity index (χ2v) is 6.22. The van der Waals surface area contributed by atoms with E-state index in [2.05, 4.69) is 19.2 Å². The summed E-state index contributed by atoms with van der Waals surface area (Å²) in [5.41, 5.74) is -0.182. The number of methoxy groups -OCH3 is 1. The third-order valence-corrected chi connectivity index (χ3v) is 3.58. The molecule has 96 valence electrons. The van der Waals surface area contributed by atoms with E-state index < -0.39 is 5.60 Å². The quantitative estimate of drug-likeness (QED) is 0.731. The van der Waals surface area contributed by atoms with Gasteiger partial charge in [0.15, 0.2) is 0 Å². The van der Waals surface area contributed by atoms with Crippen molar-refractivity contribution in [2.24, 2.45) is 5.41 Å². The van der Waals surface area contributed by atoms with E-state index in [4.69, 9.17) is 4.74 Å². The lowest BCUT2D eigenvalue weighted by atomic mass is 9.91. The van der Waals surface area contributed by atoms with Crippen LogP contribution in [-0.4, -0.2) is 37.0 Å². The topological polar surface area (TPSA) is 41.5 Å². The fourth-order valence-electron chi connectivity index (χ4n) is 2.38. The van der Waals surface area contributed by atoms with Gasteiger partial charge in [0.05, 0.1) is 5.60 Å². The summed E-state index contributed by atoms with van der Waals surface area (Å²) in [6.07, 6.45) is 4.41. The Morgan fingerprint density at radius 3 is 2.69 bits per heavy atom. The molecular formula is C13H27NO2. The zero-order valence-corrected chi connectivity index (χ0v) is 11.2. The lowest BCUT2D eigenvalue weighted by Gasteiger charge is -2.26. The minimum atomic E-state index is -0.650. The molecule has 3 heteroatoms. The second kappa shape index (κ2) is 5.48. The van der Waals surface area contributed by atoms with Crippen molar-refractivity contribution in [2.45, 2.75) is 58.1 Å². The van der Waals surface area contributed by atoms with Crippen LogP contribution in [0.3, 0.4) is 0 Å². The summed E-state index contributed by atoms with van der Waals surface area (Å²) in [6.45, 7) is 7.79. The Balaban J connectivity index is 2.24. The van der Waals surface area contributed by atoms with Gasteiger partial charge in [-0.25, -0.2) is 0 Å². The smallest absolute Gasteiger partial charge is 0.0765 e. The highest BCUT2D eigenvalue weighted by atomic mass is 16.5. The molecule has 1 aliphatic rings. The van der Waals surface area contributed by atoms with Crippen LogP contribution in [-0.2, 0) is 4.74 Å². The Morgan fingerprint density at radius 1 is 1.50 bits per heavy atom. The summed E-state index contributed by atoms with van der Waals surface area (Å²) in [7, 11) is 1.67. The van der Waals surface area contributed by atoms with Crippen molar-refractivity contribution < 1.29 is 9.84 Å². The molecule has 0 amide bonds. The van der Waals surface area contributed by atoms with Crippen LogP contribution in [0.25, 0.3) is 0 Å². The molecular weight excluding hydrogens is 202 g/mol. The van der Waals surface area contributed by atoms with Gasteiger partial charge >= 0.3 is 0 Å². The predicted molar refractivity (Wildman–Crippen MR) is 66.5 cm³/mol. The standard InChI is InChI=1S/C13H27NO2/c1-12(2)6-5-11(9-12)14-10-13(3,15)7-8-16-4/h11,14-15H,5-10H2,1-4H3. The predicted octanol–water partition coefficient (Wildman–Crippen LogP) is 1.94. The van der Waals surface area contributed by atoms with E-state index in [0.29, 0.717) is 31.0 Å². The van der Waals surface area contributed by atoms with Gasteiger partial charge in [-0.2, -0.15) is 0 Å². The summed E-state index contributed by atoms with van der Waals surface area (Å²) < 4.78 is 4.99. The highest BCUT2D eigenvalue weighted by Crippen LogP contribution is 2.36. The van der Waals surface area contributed by atoms with Crippen LogP contribution < -0.4 is 5.32 Å². The molecule has 0 saturated heterocycles. The summed E-state index contributed by atoms with van der Waals surface area (Å²) in [6, 6.07) is 0.573. The van der Waals surface area contributed by atoms with Crippen LogP contribution in [0, 0.1) is 5.41 Å². The van der Waals surface area contributed by atoms with Gasteiger partial charge in [0.25, 0.3) is 0 Å². The van der Waals surface area contributed by atoms with Gasteiger partial charge in [0, 0.05) is 32.7 Å². The molecule has 16 heavy (non-hydrogen) atoms. The van der Waals surface area contributed by atoms with Gasteiger partial charge in [0.1, 0.15) is 0 Å². The highest BCUT2D eigenvalue weighted by molar-refractivity contribution is 4.88. The first-order valence-corrected chi connectivity index (χ1v) is 6.29. The summed E-state index contributed by atoms with van der Waals surface area (Å²) in [5, 5.41) is 13.6. The van der Waals surface area contributed by atoms with E-state index in [0.717, 1.165) is 0 Å². The molecule has 3 nitrogen and oxygen atoms in total. The van der Waals surface area contributed by atoms with E-state index in [9.17, 15) is 5.11 Å². The normalized spacial score (nSPS) is 27.9. The Bertz CT molecular complexity index is 214. The van der Waals surface area contributed by atoms with E-state index in [1.54, 1.807) is 7.11 Å². The Labute approximate surface area is 99.6 Å². The molecule has 1 fully saturated rings. The molecule has 0 heterocycles. The minimum Gasteiger partial charge on any atom is -0.389 e. The van der Waals surface area contributed by atoms with E-state index >= 15 is 0 Å². The maximum absolute atomic E-state index is 10.1. The molecule has 1 rings (SSSR count). The van der Waals surface area contributed by atoms with Gasteiger partial charge in [-0.3, -0.25) is 0 Å². The third kappa shape index (κ3) is 4.81. The van der Waals surface area contributed by atoms with Crippen molar-refractivity contribution in [1.29, 1.82) is 0 Å². The first-order chi connectivity index (χ1) is 7.35. The first-order valence-electron chi connectivity index (χ1n) is 6.29. The van der Waals surface area contributed by atoms with Gasteiger partial charge < -0.3 is 15.2 Å². The Kier molecular flexibility index (Phi) is 4.77. The first kappa shape index (κ1) is 13.9. The molecule has 0 radical (unpaired) electrons. The van der Waals surface area contributed by atoms with E-state index in [1.807, 2.05) is 6.92 Å². The lowest BCUT2D eigenvalue weighted by molar-refractivity contribution is 0.0226. The average molecular weight is 229 g/mol. The van der Waals surface area contributed by atoms with Crippen molar-refractivity contribution in [2.75, 3.05) is 20.3 Å². The Hall–Kier alpha value is -0.120. The molecule has 2 unspecified atom stereocenters. The van der Waals surface area contributed by atoms with Crippen molar-refractivity contribution in [3.8, 4) is 0 Å². The maximum atomic E-state index is 10.1. The summed E-state index contributed by atoms with van der Waals surface area (Å²) in [5.74, 6) is 0. The van der Waals surface area contributed by atoms with E-state index in [-0.39, 0.29) is 0 Å². The molecule has 0 aliphatic heterocycles. The van der Waals surface area contributed by atoms with E-state index in [1.165, 1.54) is 19.3 Å². The monoisotopic (exact) mass is 229 g/mol. The van der Waals surface area contributed by atoms with Crippen molar-refractivity contribution in [1.82, 2.24) is 5.32 Å². The fourth-order valence-corrected chi connectivity index (χ4v) is 2.38. The molecule has 0 aromatic carbocycles. The number of hydrogen-bond acceptors (Lipinski definition) is 3. The molecule has 1 aliphatic carbocycles. The van der Waals surface area contributed by atoms with Crippen molar-refractivity contribution >= 4 is 0 Å². The van der Waals surface area contributed by atoms with Crippen LogP contribution in [0.5, 0.6) is 0 Å². The molecule has 0 bridgehead atoms. The number of rotatable bonds is 6. The summed E-state index contributed by atoms with van der Waals surface area (Å²) >= 11 is 0. The maximum Gasteiger partial charge on any atom is 0.0765 e. The van der Waals surface area contributed by atoms with Gasteiger partial charge in [-0.15, -0.1) is 0 Å². The van der Waals surface area contributed by atoms with Crippen LogP contribution >= 0.6 is 0 Å². The van der Waals surface area contributed by atoms with Gasteiger partial charge in [-0.1, -0.05) is 13.8 Å². The molecule has 2 atom stereocenters. The van der Waals surface area contributed by atoms with Gasteiger partial charge in [0.2, 0.25) is 0 Å². The largest absolute Gasteiger partial charge is 0.389 e. The SMILES string of the molecule is COCCC(C)(O)CNC1CCC(C)(C)C1. The number of hydrogen-bond donors (Lipinski definition) is 2. The van der Waals surface area contributed by atoms with Crippen molar-refractivity contribution in [3.63, 3.8) is 0 Å². The van der Waals surface area contributed by atoms with Crippen molar-refractivity contribution in [3.05, 3.63) is 0 Å². The third-order valence-electron chi connectivity index (χ3n) is 3.58. The second-order valence-electron chi connectivity index (χ2n) is 6.22. The van der Waals surface area contributed by atoms with Crippen LogP contribution in [0.2, 0.25) is 0 Å². The number of aliphatic hydroxyl groups is 1. The molecule has 2 N–H and O–H groups in total. The zero-order valence-electron chi connectivity index (χ0n) is 11.2. The fraction of sp³-hybridized carbons (Fsp3) is 1.00. The average Bonchev–Trinajstić information content (AvgIpc) is 2.53. The van der Waals surface area contributed by atoms with Gasteiger partial charge in [-0.05, 0) is 31.6 Å².